The van der Waals surface area contributed by atoms with E-state index in [4.69, 9.17) is 11.6 Å². The average Bonchev–Trinajstić information content (AvgIpc) is 2.71. The van der Waals surface area contributed by atoms with Gasteiger partial charge >= 0.3 is 0 Å². The van der Waals surface area contributed by atoms with Gasteiger partial charge in [-0.2, -0.15) is 5.10 Å². The van der Waals surface area contributed by atoms with Gasteiger partial charge in [-0.25, -0.2) is 9.67 Å². The highest BCUT2D eigenvalue weighted by molar-refractivity contribution is 6.31. The van der Waals surface area contributed by atoms with Crippen molar-refractivity contribution in [3.63, 3.8) is 0 Å². The molecule has 0 saturated carbocycles. The van der Waals surface area contributed by atoms with Crippen LogP contribution in [-0.2, 0) is 6.42 Å². The predicted molar refractivity (Wildman–Crippen MR) is 55.7 cm³/mol. The van der Waals surface area contributed by atoms with Crippen LogP contribution in [-0.4, -0.2) is 14.8 Å². The normalized spacial score (nSPS) is 10.4. The van der Waals surface area contributed by atoms with Gasteiger partial charge in [-0.3, -0.25) is 0 Å². The second-order valence-electron chi connectivity index (χ2n) is 2.94. The molecule has 0 atom stereocenters. The quantitative estimate of drug-likeness (QED) is 0.758. The van der Waals surface area contributed by atoms with E-state index in [0.29, 0.717) is 5.02 Å². The first kappa shape index (κ1) is 9.21. The molecule has 0 N–H and O–H groups in total. The highest BCUT2D eigenvalue weighted by Gasteiger charge is 2.02. The average molecular weight is 208 g/mol. The molecule has 0 fully saturated rings. The van der Waals surface area contributed by atoms with E-state index in [-0.39, 0.29) is 0 Å². The third-order valence-corrected chi connectivity index (χ3v) is 2.38. The summed E-state index contributed by atoms with van der Waals surface area (Å²) in [6.45, 7) is 2.06. The Kier molecular flexibility index (Phi) is 2.50. The number of hydrogen-bond donors (Lipinski definition) is 0. The van der Waals surface area contributed by atoms with Crippen LogP contribution in [0.15, 0.2) is 30.7 Å². The molecule has 0 bridgehead atoms. The minimum absolute atomic E-state index is 0.711. The van der Waals surface area contributed by atoms with Gasteiger partial charge in [0.2, 0.25) is 0 Å². The second-order valence-corrected chi connectivity index (χ2v) is 3.35. The molecular weight excluding hydrogens is 198 g/mol. The third kappa shape index (κ3) is 1.63. The molecular formula is C10H10ClN3. The summed E-state index contributed by atoms with van der Waals surface area (Å²) in [6, 6.07) is 3.82. The maximum atomic E-state index is 5.97. The van der Waals surface area contributed by atoms with Crippen LogP contribution >= 0.6 is 11.6 Å². The molecule has 2 rings (SSSR count). The number of aromatic nitrogens is 3. The number of aryl methyl sites for hydroxylation is 1. The van der Waals surface area contributed by atoms with Gasteiger partial charge in [0.05, 0.1) is 5.02 Å². The van der Waals surface area contributed by atoms with Gasteiger partial charge in [0.1, 0.15) is 0 Å². The Balaban J connectivity index is 2.46. The summed E-state index contributed by atoms with van der Waals surface area (Å²) in [6.07, 6.45) is 6.14. The van der Waals surface area contributed by atoms with Gasteiger partial charge in [-0.05, 0) is 24.1 Å². The summed E-state index contributed by atoms with van der Waals surface area (Å²) in [5, 5.41) is 4.81. The van der Waals surface area contributed by atoms with Crippen LogP contribution in [0.2, 0.25) is 5.02 Å². The number of nitrogens with zero attached hydrogens (tertiary/aromatic N) is 3. The number of hydrogen-bond acceptors (Lipinski definition) is 2. The van der Waals surface area contributed by atoms with Gasteiger partial charge in [0.25, 0.3) is 0 Å². The molecule has 0 saturated heterocycles. The molecule has 0 aliphatic carbocycles. The highest BCUT2D eigenvalue weighted by Crippen LogP contribution is 2.17. The largest absolute Gasteiger partial charge is 0.236 e. The van der Waals surface area contributed by atoms with Gasteiger partial charge in [0, 0.05) is 18.6 Å². The van der Waals surface area contributed by atoms with E-state index < -0.39 is 0 Å². The summed E-state index contributed by atoms with van der Waals surface area (Å²) < 4.78 is 1.72. The molecule has 3 nitrogen and oxygen atoms in total. The van der Waals surface area contributed by atoms with Crippen LogP contribution in [0.25, 0.3) is 5.82 Å². The summed E-state index contributed by atoms with van der Waals surface area (Å²) in [5.74, 6) is 0.802. The second kappa shape index (κ2) is 3.80. The van der Waals surface area contributed by atoms with Crippen molar-refractivity contribution < 1.29 is 0 Å². The van der Waals surface area contributed by atoms with Gasteiger partial charge in [-0.1, -0.05) is 18.5 Å². The third-order valence-electron chi connectivity index (χ3n) is 2.04. The highest BCUT2D eigenvalue weighted by atomic mass is 35.5. The molecule has 0 aliphatic heterocycles. The molecule has 2 heterocycles. The van der Waals surface area contributed by atoms with Crippen molar-refractivity contribution in [1.29, 1.82) is 0 Å². The Bertz CT molecular complexity index is 423. The lowest BCUT2D eigenvalue weighted by molar-refractivity contribution is 0.842. The molecule has 0 aliphatic rings. The number of halogens is 1. The minimum Gasteiger partial charge on any atom is -0.236 e. The van der Waals surface area contributed by atoms with E-state index in [0.717, 1.165) is 17.8 Å². The zero-order valence-corrected chi connectivity index (χ0v) is 8.57. The molecule has 0 unspecified atom stereocenters. The molecule has 0 aromatic carbocycles. The van der Waals surface area contributed by atoms with E-state index >= 15 is 0 Å². The zero-order chi connectivity index (χ0) is 9.97. The van der Waals surface area contributed by atoms with Crippen molar-refractivity contribution in [3.05, 3.63) is 41.3 Å². The summed E-state index contributed by atoms with van der Waals surface area (Å²) in [4.78, 5) is 4.20. The molecule has 2 aromatic rings. The first-order valence-electron chi connectivity index (χ1n) is 4.45. The van der Waals surface area contributed by atoms with Gasteiger partial charge in [0.15, 0.2) is 5.82 Å². The molecule has 14 heavy (non-hydrogen) atoms. The fourth-order valence-electron chi connectivity index (χ4n) is 1.27. The van der Waals surface area contributed by atoms with Crippen molar-refractivity contribution in [2.45, 2.75) is 13.3 Å². The summed E-state index contributed by atoms with van der Waals surface area (Å²) >= 11 is 5.97. The Hall–Kier alpha value is -1.35. The van der Waals surface area contributed by atoms with E-state index in [1.165, 1.54) is 0 Å². The first-order chi connectivity index (χ1) is 6.81. The van der Waals surface area contributed by atoms with E-state index in [9.17, 15) is 0 Å². The number of pyridine rings is 1. The van der Waals surface area contributed by atoms with Crippen LogP contribution in [0, 0.1) is 0 Å². The predicted octanol–water partition coefficient (Wildman–Crippen LogP) is 2.48. The van der Waals surface area contributed by atoms with Crippen molar-refractivity contribution in [1.82, 2.24) is 14.8 Å². The lowest BCUT2D eigenvalue weighted by atomic mass is 10.2. The fourth-order valence-corrected chi connectivity index (χ4v) is 1.51. The van der Waals surface area contributed by atoms with Crippen molar-refractivity contribution in [3.8, 4) is 5.82 Å². The Morgan fingerprint density at radius 1 is 1.50 bits per heavy atom. The van der Waals surface area contributed by atoms with Crippen LogP contribution in [0.1, 0.15) is 12.5 Å². The minimum atomic E-state index is 0.711. The topological polar surface area (TPSA) is 30.7 Å². The standard InChI is InChI=1S/C10H10ClN3/c1-2-8-6-10(12-7-9(8)11)14-5-3-4-13-14/h3-7H,2H2,1H3. The maximum absolute atomic E-state index is 5.97. The zero-order valence-electron chi connectivity index (χ0n) is 7.81. The fraction of sp³-hybridized carbons (Fsp3) is 0.200. The Morgan fingerprint density at radius 3 is 3.00 bits per heavy atom. The van der Waals surface area contributed by atoms with Gasteiger partial charge < -0.3 is 0 Å². The molecule has 72 valence electrons. The smallest absolute Gasteiger partial charge is 0.153 e. The molecule has 0 amide bonds. The van der Waals surface area contributed by atoms with Crippen LogP contribution < -0.4 is 0 Å². The van der Waals surface area contributed by atoms with E-state index in [1.807, 2.05) is 18.3 Å². The molecule has 4 heteroatoms. The van der Waals surface area contributed by atoms with E-state index in [1.54, 1.807) is 17.1 Å². The Morgan fingerprint density at radius 2 is 2.36 bits per heavy atom. The van der Waals surface area contributed by atoms with Crippen molar-refractivity contribution in [2.24, 2.45) is 0 Å². The monoisotopic (exact) mass is 207 g/mol. The van der Waals surface area contributed by atoms with Crippen LogP contribution in [0.5, 0.6) is 0 Å². The molecule has 0 radical (unpaired) electrons. The lowest BCUT2D eigenvalue weighted by Crippen LogP contribution is -1.99. The van der Waals surface area contributed by atoms with Crippen LogP contribution in [0.4, 0.5) is 0 Å². The maximum Gasteiger partial charge on any atom is 0.153 e. The molecule has 0 spiro atoms. The lowest BCUT2D eigenvalue weighted by Gasteiger charge is -2.04. The first-order valence-corrected chi connectivity index (χ1v) is 4.83. The van der Waals surface area contributed by atoms with Crippen molar-refractivity contribution >= 4 is 11.6 Å². The molecule has 2 aromatic heterocycles. The van der Waals surface area contributed by atoms with E-state index in [2.05, 4.69) is 17.0 Å². The van der Waals surface area contributed by atoms with Gasteiger partial charge in [-0.15, -0.1) is 0 Å². The summed E-state index contributed by atoms with van der Waals surface area (Å²) in [7, 11) is 0. The Labute approximate surface area is 87.3 Å². The number of rotatable bonds is 2. The summed E-state index contributed by atoms with van der Waals surface area (Å²) in [5.41, 5.74) is 1.09. The SMILES string of the molecule is CCc1cc(-n2cccn2)ncc1Cl. The van der Waals surface area contributed by atoms with Crippen molar-refractivity contribution in [2.75, 3.05) is 0 Å². The van der Waals surface area contributed by atoms with Crippen LogP contribution in [0.3, 0.4) is 0 Å².